The minimum Gasteiger partial charge on any atom is -0.325 e. The minimum atomic E-state index is -0.908. The number of benzene rings is 1. The maximum absolute atomic E-state index is 13.4. The highest BCUT2D eigenvalue weighted by molar-refractivity contribution is 5.90. The van der Waals surface area contributed by atoms with Crippen LogP contribution < -0.4 is 5.32 Å². The third-order valence-corrected chi connectivity index (χ3v) is 4.57. The first kappa shape index (κ1) is 16.5. The van der Waals surface area contributed by atoms with Gasteiger partial charge in [-0.25, -0.2) is 18.6 Å². The number of imidazole rings is 1. The fourth-order valence-corrected chi connectivity index (χ4v) is 3.15. The van der Waals surface area contributed by atoms with E-state index in [1.807, 2.05) is 4.90 Å². The van der Waals surface area contributed by atoms with E-state index >= 15 is 0 Å². The summed E-state index contributed by atoms with van der Waals surface area (Å²) in [4.78, 5) is 18.6. The number of halogens is 2. The van der Waals surface area contributed by atoms with E-state index in [2.05, 4.69) is 10.3 Å². The molecule has 1 aliphatic heterocycles. The second kappa shape index (κ2) is 6.74. The number of carbonyl (C=O) groups is 1. The molecule has 7 heteroatoms. The van der Waals surface area contributed by atoms with Gasteiger partial charge in [-0.1, -0.05) is 0 Å². The molecule has 0 saturated carbocycles. The van der Waals surface area contributed by atoms with Crippen LogP contribution in [0.1, 0.15) is 19.3 Å². The van der Waals surface area contributed by atoms with E-state index in [1.165, 1.54) is 6.07 Å². The van der Waals surface area contributed by atoms with Crippen molar-refractivity contribution in [1.29, 1.82) is 0 Å². The molecule has 0 bridgehead atoms. The summed E-state index contributed by atoms with van der Waals surface area (Å²) in [6.45, 7) is 1.55. The van der Waals surface area contributed by atoms with Gasteiger partial charge in [0.25, 0.3) is 0 Å². The van der Waals surface area contributed by atoms with Crippen molar-refractivity contribution in [2.45, 2.75) is 19.3 Å². The van der Waals surface area contributed by atoms with Gasteiger partial charge < -0.3 is 14.6 Å². The lowest BCUT2D eigenvalue weighted by Gasteiger charge is -2.26. The summed E-state index contributed by atoms with van der Waals surface area (Å²) in [5, 5.41) is 2.89. The van der Waals surface area contributed by atoms with Gasteiger partial charge in [0.15, 0.2) is 11.6 Å². The van der Waals surface area contributed by atoms with Crippen LogP contribution in [0, 0.1) is 11.6 Å². The molecule has 2 aromatic heterocycles. The van der Waals surface area contributed by atoms with E-state index in [0.29, 0.717) is 22.6 Å². The van der Waals surface area contributed by atoms with Crippen molar-refractivity contribution in [3.63, 3.8) is 0 Å². The van der Waals surface area contributed by atoms with Gasteiger partial charge in [-0.3, -0.25) is 0 Å². The van der Waals surface area contributed by atoms with Crippen molar-refractivity contribution in [2.75, 3.05) is 18.4 Å². The number of aromatic nitrogens is 2. The maximum Gasteiger partial charge on any atom is 0.321 e. The number of piperidine rings is 1. The Balaban J connectivity index is 1.57. The predicted octanol–water partition coefficient (Wildman–Crippen LogP) is 4.30. The normalized spacial score (nSPS) is 14.6. The van der Waals surface area contributed by atoms with Crippen molar-refractivity contribution < 1.29 is 13.6 Å². The largest absolute Gasteiger partial charge is 0.325 e. The van der Waals surface area contributed by atoms with Gasteiger partial charge in [-0.2, -0.15) is 0 Å². The Morgan fingerprint density at radius 2 is 1.85 bits per heavy atom. The number of nitrogens with one attached hydrogen (secondary N) is 1. The van der Waals surface area contributed by atoms with E-state index in [1.54, 1.807) is 28.9 Å². The standard InChI is InChI=1S/C19H18F2N4O/c20-15-5-4-13(10-16(15)21)17-12-25-9-6-14(11-18(25)23-17)22-19(26)24-7-2-1-3-8-24/h4-6,9-12H,1-3,7-8H2,(H,22,26). The van der Waals surface area contributed by atoms with Crippen LogP contribution in [0.2, 0.25) is 0 Å². The molecule has 0 aliphatic carbocycles. The number of likely N-dealkylation sites (tertiary alicyclic amines) is 1. The highest BCUT2D eigenvalue weighted by Crippen LogP contribution is 2.23. The van der Waals surface area contributed by atoms with Crippen molar-refractivity contribution in [2.24, 2.45) is 0 Å². The summed E-state index contributed by atoms with van der Waals surface area (Å²) >= 11 is 0. The molecule has 2 amide bonds. The van der Waals surface area contributed by atoms with Gasteiger partial charge in [0.05, 0.1) is 5.69 Å². The number of hydrogen-bond acceptors (Lipinski definition) is 2. The predicted molar refractivity (Wildman–Crippen MR) is 95.0 cm³/mol. The third-order valence-electron chi connectivity index (χ3n) is 4.57. The zero-order valence-electron chi connectivity index (χ0n) is 14.1. The molecule has 26 heavy (non-hydrogen) atoms. The maximum atomic E-state index is 13.4. The molecule has 134 valence electrons. The number of carbonyl (C=O) groups excluding carboxylic acids is 1. The van der Waals surface area contributed by atoms with Crippen LogP contribution in [-0.2, 0) is 0 Å². The number of hydrogen-bond donors (Lipinski definition) is 1. The van der Waals surface area contributed by atoms with Gasteiger partial charge in [-0.15, -0.1) is 0 Å². The Bertz CT molecular complexity index is 963. The average Bonchev–Trinajstić information content (AvgIpc) is 3.08. The lowest BCUT2D eigenvalue weighted by Crippen LogP contribution is -2.38. The van der Waals surface area contributed by atoms with E-state index in [4.69, 9.17) is 0 Å². The van der Waals surface area contributed by atoms with Crippen LogP contribution in [0.15, 0.2) is 42.7 Å². The topological polar surface area (TPSA) is 49.6 Å². The second-order valence-electron chi connectivity index (χ2n) is 6.41. The van der Waals surface area contributed by atoms with Crippen LogP contribution in [-0.4, -0.2) is 33.4 Å². The number of fused-ring (bicyclic) bond motifs is 1. The Labute approximate surface area is 149 Å². The molecule has 0 radical (unpaired) electrons. The van der Waals surface area contributed by atoms with Crippen LogP contribution in [0.25, 0.3) is 16.9 Å². The molecule has 0 atom stereocenters. The van der Waals surface area contributed by atoms with Crippen molar-refractivity contribution in [3.05, 3.63) is 54.4 Å². The van der Waals surface area contributed by atoms with E-state index in [-0.39, 0.29) is 6.03 Å². The zero-order chi connectivity index (χ0) is 18.1. The van der Waals surface area contributed by atoms with Gasteiger partial charge >= 0.3 is 6.03 Å². The van der Waals surface area contributed by atoms with Crippen LogP contribution >= 0.6 is 0 Å². The quantitative estimate of drug-likeness (QED) is 0.744. The number of nitrogens with zero attached hydrogens (tertiary/aromatic N) is 3. The Morgan fingerprint density at radius 3 is 2.62 bits per heavy atom. The molecular formula is C19H18F2N4O. The molecule has 3 aromatic rings. The summed E-state index contributed by atoms with van der Waals surface area (Å²) in [6.07, 6.45) is 6.74. The van der Waals surface area contributed by atoms with Gasteiger partial charge in [0.1, 0.15) is 5.65 Å². The molecule has 5 nitrogen and oxygen atoms in total. The Morgan fingerprint density at radius 1 is 1.04 bits per heavy atom. The minimum absolute atomic E-state index is 0.110. The molecule has 1 saturated heterocycles. The summed E-state index contributed by atoms with van der Waals surface area (Å²) in [5.74, 6) is -1.80. The van der Waals surface area contributed by atoms with Crippen molar-refractivity contribution in [3.8, 4) is 11.3 Å². The van der Waals surface area contributed by atoms with Crippen molar-refractivity contribution in [1.82, 2.24) is 14.3 Å². The van der Waals surface area contributed by atoms with E-state index in [9.17, 15) is 13.6 Å². The molecule has 3 heterocycles. The number of anilines is 1. The van der Waals surface area contributed by atoms with Crippen LogP contribution in [0.3, 0.4) is 0 Å². The van der Waals surface area contributed by atoms with E-state index in [0.717, 1.165) is 44.5 Å². The molecule has 0 spiro atoms. The van der Waals surface area contributed by atoms with Crippen molar-refractivity contribution >= 4 is 17.4 Å². The number of urea groups is 1. The van der Waals surface area contributed by atoms with Gasteiger partial charge in [0.2, 0.25) is 0 Å². The molecule has 1 fully saturated rings. The Hall–Kier alpha value is -2.96. The van der Waals surface area contributed by atoms with Gasteiger partial charge in [0, 0.05) is 42.8 Å². The summed E-state index contributed by atoms with van der Waals surface area (Å²) in [7, 11) is 0. The Kier molecular flexibility index (Phi) is 4.28. The lowest BCUT2D eigenvalue weighted by molar-refractivity contribution is 0.200. The van der Waals surface area contributed by atoms with Crippen LogP contribution in [0.5, 0.6) is 0 Å². The second-order valence-corrected chi connectivity index (χ2v) is 6.41. The first-order valence-electron chi connectivity index (χ1n) is 8.60. The van der Waals surface area contributed by atoms with Crippen LogP contribution in [0.4, 0.5) is 19.3 Å². The molecule has 0 unspecified atom stereocenters. The van der Waals surface area contributed by atoms with E-state index < -0.39 is 11.6 Å². The smallest absolute Gasteiger partial charge is 0.321 e. The monoisotopic (exact) mass is 356 g/mol. The number of rotatable bonds is 2. The summed E-state index contributed by atoms with van der Waals surface area (Å²) < 4.78 is 28.3. The molecule has 1 aromatic carbocycles. The zero-order valence-corrected chi connectivity index (χ0v) is 14.1. The highest BCUT2D eigenvalue weighted by atomic mass is 19.2. The molecule has 1 N–H and O–H groups in total. The molecule has 1 aliphatic rings. The fourth-order valence-electron chi connectivity index (χ4n) is 3.15. The highest BCUT2D eigenvalue weighted by Gasteiger charge is 2.16. The summed E-state index contributed by atoms with van der Waals surface area (Å²) in [6, 6.07) is 7.12. The summed E-state index contributed by atoms with van der Waals surface area (Å²) in [5.41, 5.74) is 2.28. The third kappa shape index (κ3) is 3.24. The first-order valence-corrected chi connectivity index (χ1v) is 8.60. The average molecular weight is 356 g/mol. The SMILES string of the molecule is O=C(Nc1ccn2cc(-c3ccc(F)c(F)c3)nc2c1)N1CCCCC1. The number of amides is 2. The lowest BCUT2D eigenvalue weighted by atomic mass is 10.1. The first-order chi connectivity index (χ1) is 12.6. The number of pyridine rings is 1. The molecule has 4 rings (SSSR count). The molecular weight excluding hydrogens is 338 g/mol. The fraction of sp³-hybridized carbons (Fsp3) is 0.263. The van der Waals surface area contributed by atoms with Gasteiger partial charge in [-0.05, 0) is 43.5 Å².